The largest absolute Gasteiger partial charge is 0.261 e. The monoisotopic (exact) mass is 185 g/mol. The van der Waals surface area contributed by atoms with Crippen molar-refractivity contribution in [2.45, 2.75) is 6.54 Å². The molecule has 1 N–H and O–H groups in total. The summed E-state index contributed by atoms with van der Waals surface area (Å²) in [6, 6.07) is 8.42. The van der Waals surface area contributed by atoms with Crippen LogP contribution in [0.1, 0.15) is 11.1 Å². The normalized spacial score (nSPS) is 18.7. The topological polar surface area (TPSA) is 16.8 Å². The lowest BCUT2D eigenvalue weighted by molar-refractivity contribution is -0.752. The summed E-state index contributed by atoms with van der Waals surface area (Å²) in [7, 11) is 0. The third-order valence-corrected chi connectivity index (χ3v) is 2.24. The van der Waals surface area contributed by atoms with Crippen LogP contribution in [-0.2, 0) is 6.54 Å². The molecule has 1 aromatic carbocycles. The van der Waals surface area contributed by atoms with Crippen LogP contribution < -0.4 is 4.90 Å². The Bertz CT molecular complexity index is 362. The lowest BCUT2D eigenvalue weighted by atomic mass is 10.1. The number of nitrogens with zero attached hydrogens (tertiary/aromatic N) is 1. The van der Waals surface area contributed by atoms with Gasteiger partial charge in [0.25, 0.3) is 0 Å². The quantitative estimate of drug-likeness (QED) is 0.729. The zero-order chi connectivity index (χ0) is 9.80. The van der Waals surface area contributed by atoms with Gasteiger partial charge in [-0.05, 0) is 5.56 Å². The molecule has 0 spiro atoms. The molecule has 0 radical (unpaired) electrons. The van der Waals surface area contributed by atoms with E-state index in [2.05, 4.69) is 35.8 Å². The molecule has 1 aromatic rings. The SMILES string of the molecule is C=Cc1ccc(C[NH+]2C=CN=C2)cc1. The minimum atomic E-state index is 0.956. The van der Waals surface area contributed by atoms with Crippen molar-refractivity contribution in [1.29, 1.82) is 0 Å². The Morgan fingerprint density at radius 3 is 2.64 bits per heavy atom. The number of quaternary nitrogens is 1. The molecule has 1 heterocycles. The molecule has 2 nitrogen and oxygen atoms in total. The third-order valence-electron chi connectivity index (χ3n) is 2.24. The summed E-state index contributed by atoms with van der Waals surface area (Å²) in [4.78, 5) is 5.30. The minimum absolute atomic E-state index is 0.956. The van der Waals surface area contributed by atoms with Gasteiger partial charge in [0.1, 0.15) is 12.7 Å². The van der Waals surface area contributed by atoms with Crippen molar-refractivity contribution in [3.8, 4) is 0 Å². The second kappa shape index (κ2) is 4.03. The highest BCUT2D eigenvalue weighted by Gasteiger charge is 2.05. The maximum Gasteiger partial charge on any atom is 0.193 e. The van der Waals surface area contributed by atoms with Crippen molar-refractivity contribution in [3.63, 3.8) is 0 Å². The molecule has 0 aromatic heterocycles. The first-order valence-electron chi connectivity index (χ1n) is 4.65. The van der Waals surface area contributed by atoms with Gasteiger partial charge in [0, 0.05) is 5.56 Å². The van der Waals surface area contributed by atoms with Gasteiger partial charge >= 0.3 is 0 Å². The number of hydrogen-bond donors (Lipinski definition) is 1. The molecule has 1 aliphatic rings. The van der Waals surface area contributed by atoms with E-state index in [0.29, 0.717) is 0 Å². The molecule has 14 heavy (non-hydrogen) atoms. The Morgan fingerprint density at radius 1 is 1.29 bits per heavy atom. The van der Waals surface area contributed by atoms with Gasteiger partial charge in [-0.15, -0.1) is 0 Å². The summed E-state index contributed by atoms with van der Waals surface area (Å²) in [6.07, 6.45) is 7.63. The van der Waals surface area contributed by atoms with Crippen molar-refractivity contribution < 1.29 is 4.90 Å². The molecule has 2 rings (SSSR count). The lowest BCUT2D eigenvalue weighted by Crippen LogP contribution is -3.04. The summed E-state index contributed by atoms with van der Waals surface area (Å²) < 4.78 is 0. The number of nitrogens with one attached hydrogen (secondary N) is 1. The van der Waals surface area contributed by atoms with E-state index in [1.54, 1.807) is 0 Å². The molecule has 1 unspecified atom stereocenters. The fourth-order valence-corrected chi connectivity index (χ4v) is 1.43. The van der Waals surface area contributed by atoms with E-state index >= 15 is 0 Å². The molecule has 0 amide bonds. The van der Waals surface area contributed by atoms with E-state index in [4.69, 9.17) is 0 Å². The van der Waals surface area contributed by atoms with Gasteiger partial charge in [0.05, 0.1) is 6.20 Å². The average molecular weight is 185 g/mol. The predicted molar refractivity (Wildman–Crippen MR) is 58.8 cm³/mol. The summed E-state index contributed by atoms with van der Waals surface area (Å²) in [5, 5.41) is 0. The standard InChI is InChI=1S/C12H12N2/c1-2-11-3-5-12(6-4-11)9-14-8-7-13-10-14/h2-8,10H,1,9H2/p+1. The number of benzene rings is 1. The van der Waals surface area contributed by atoms with Crippen LogP contribution in [0.15, 0.2) is 48.2 Å². The molecule has 1 atom stereocenters. The summed E-state index contributed by atoms with van der Waals surface area (Å²) in [6.45, 7) is 4.68. The van der Waals surface area contributed by atoms with Crippen molar-refractivity contribution in [2.75, 3.05) is 0 Å². The number of aliphatic imine (C=N–C) groups is 1. The second-order valence-electron chi connectivity index (χ2n) is 3.29. The van der Waals surface area contributed by atoms with Gasteiger partial charge in [-0.25, -0.2) is 4.99 Å². The van der Waals surface area contributed by atoms with Crippen LogP contribution in [0.4, 0.5) is 0 Å². The molecule has 0 saturated carbocycles. The maximum atomic E-state index is 4.04. The zero-order valence-corrected chi connectivity index (χ0v) is 7.98. The molecule has 2 heteroatoms. The second-order valence-corrected chi connectivity index (χ2v) is 3.29. The van der Waals surface area contributed by atoms with E-state index in [1.165, 1.54) is 10.5 Å². The van der Waals surface area contributed by atoms with Crippen LogP contribution in [0.5, 0.6) is 0 Å². The van der Waals surface area contributed by atoms with Gasteiger partial charge in [0.2, 0.25) is 0 Å². The smallest absolute Gasteiger partial charge is 0.193 e. The third kappa shape index (κ3) is 1.98. The van der Waals surface area contributed by atoms with E-state index in [9.17, 15) is 0 Å². The minimum Gasteiger partial charge on any atom is -0.261 e. The highest BCUT2D eigenvalue weighted by Crippen LogP contribution is 2.04. The predicted octanol–water partition coefficient (Wildman–Crippen LogP) is 1.23. The van der Waals surface area contributed by atoms with Crippen molar-refractivity contribution >= 4 is 12.4 Å². The van der Waals surface area contributed by atoms with Crippen LogP contribution >= 0.6 is 0 Å². The van der Waals surface area contributed by atoms with Gasteiger partial charge in [0.15, 0.2) is 6.34 Å². The number of hydrogen-bond acceptors (Lipinski definition) is 1. The molecule has 0 saturated heterocycles. The molecular formula is C12H13N2+. The van der Waals surface area contributed by atoms with Gasteiger partial charge in [-0.1, -0.05) is 36.9 Å². The van der Waals surface area contributed by atoms with Crippen LogP contribution in [-0.4, -0.2) is 6.34 Å². The summed E-state index contributed by atoms with van der Waals surface area (Å²) in [5.74, 6) is 0. The zero-order valence-electron chi connectivity index (χ0n) is 7.98. The van der Waals surface area contributed by atoms with Gasteiger partial charge < -0.3 is 0 Å². The first kappa shape index (κ1) is 8.91. The Labute approximate surface area is 83.9 Å². The fraction of sp³-hybridized carbons (Fsp3) is 0.0833. The number of rotatable bonds is 3. The highest BCUT2D eigenvalue weighted by atomic mass is 15.2. The van der Waals surface area contributed by atoms with E-state index < -0.39 is 0 Å². The van der Waals surface area contributed by atoms with Crippen LogP contribution in [0.3, 0.4) is 0 Å². The fourth-order valence-electron chi connectivity index (χ4n) is 1.43. The molecule has 1 aliphatic heterocycles. The summed E-state index contributed by atoms with van der Waals surface area (Å²) >= 11 is 0. The lowest BCUT2D eigenvalue weighted by Gasteiger charge is -2.05. The Morgan fingerprint density at radius 2 is 2.07 bits per heavy atom. The van der Waals surface area contributed by atoms with Crippen molar-refractivity contribution in [3.05, 3.63) is 54.4 Å². The molecule has 70 valence electrons. The van der Waals surface area contributed by atoms with Crippen LogP contribution in [0, 0.1) is 0 Å². The molecule has 0 fully saturated rings. The first-order valence-corrected chi connectivity index (χ1v) is 4.65. The first-order chi connectivity index (χ1) is 6.88. The van der Waals surface area contributed by atoms with Crippen molar-refractivity contribution in [2.24, 2.45) is 4.99 Å². The van der Waals surface area contributed by atoms with Gasteiger partial charge in [-0.3, -0.25) is 4.90 Å². The summed E-state index contributed by atoms with van der Waals surface area (Å²) in [5.41, 5.74) is 2.47. The molecule has 0 bridgehead atoms. The Hall–Kier alpha value is -1.67. The maximum absolute atomic E-state index is 4.04. The highest BCUT2D eigenvalue weighted by molar-refractivity contribution is 5.48. The van der Waals surface area contributed by atoms with E-state index in [1.807, 2.05) is 24.8 Å². The van der Waals surface area contributed by atoms with Crippen molar-refractivity contribution in [1.82, 2.24) is 0 Å². The van der Waals surface area contributed by atoms with Gasteiger partial charge in [-0.2, -0.15) is 0 Å². The Balaban J connectivity index is 2.06. The van der Waals surface area contributed by atoms with E-state index in [0.717, 1.165) is 12.1 Å². The molecule has 0 aliphatic carbocycles. The Kier molecular flexibility index (Phi) is 2.56. The van der Waals surface area contributed by atoms with Crippen LogP contribution in [0.2, 0.25) is 0 Å². The van der Waals surface area contributed by atoms with E-state index in [-0.39, 0.29) is 0 Å². The average Bonchev–Trinajstić information content (AvgIpc) is 2.72. The molecular weight excluding hydrogens is 172 g/mol. The van der Waals surface area contributed by atoms with Crippen LogP contribution in [0.25, 0.3) is 6.08 Å².